The van der Waals surface area contributed by atoms with Crippen molar-refractivity contribution in [3.8, 4) is 0 Å². The van der Waals surface area contributed by atoms with Gasteiger partial charge in [0.25, 0.3) is 0 Å². The largest absolute Gasteiger partial charge is 0.383 e. The summed E-state index contributed by atoms with van der Waals surface area (Å²) >= 11 is 0. The van der Waals surface area contributed by atoms with Gasteiger partial charge in [0.05, 0.1) is 12.6 Å². The van der Waals surface area contributed by atoms with Crippen LogP contribution in [0.5, 0.6) is 0 Å². The van der Waals surface area contributed by atoms with Gasteiger partial charge in [-0.05, 0) is 18.1 Å². The number of methoxy groups -OCH3 is 1. The van der Waals surface area contributed by atoms with Gasteiger partial charge in [-0.2, -0.15) is 0 Å². The zero-order chi connectivity index (χ0) is 8.27. The smallest absolute Gasteiger partial charge is 0.0656 e. The average molecular weight is 154 g/mol. The van der Waals surface area contributed by atoms with Gasteiger partial charge in [0, 0.05) is 19.5 Å². The number of H-pyrrole nitrogens is 1. The standard InChI is InChI=1S/C8H14N2O/c1-6-3-10-4-7(6)8(9)5-11-2/h3-4,8,10H,5,9H2,1-2H3/t8-/m1/s1. The highest BCUT2D eigenvalue weighted by Crippen LogP contribution is 2.14. The summed E-state index contributed by atoms with van der Waals surface area (Å²) < 4.78 is 4.94. The molecule has 0 aliphatic rings. The molecular formula is C8H14N2O. The third kappa shape index (κ3) is 1.82. The fourth-order valence-corrected chi connectivity index (χ4v) is 1.12. The van der Waals surface area contributed by atoms with Crippen molar-refractivity contribution in [3.05, 3.63) is 23.5 Å². The summed E-state index contributed by atoms with van der Waals surface area (Å²) in [5.41, 5.74) is 8.13. The molecule has 0 fully saturated rings. The van der Waals surface area contributed by atoms with E-state index in [0.717, 1.165) is 5.56 Å². The van der Waals surface area contributed by atoms with Crippen LogP contribution < -0.4 is 5.73 Å². The Morgan fingerprint density at radius 1 is 1.64 bits per heavy atom. The Labute approximate surface area is 66.6 Å². The van der Waals surface area contributed by atoms with Gasteiger partial charge in [-0.1, -0.05) is 0 Å². The van der Waals surface area contributed by atoms with E-state index in [9.17, 15) is 0 Å². The van der Waals surface area contributed by atoms with E-state index in [1.165, 1.54) is 5.56 Å². The van der Waals surface area contributed by atoms with E-state index >= 15 is 0 Å². The monoisotopic (exact) mass is 154 g/mol. The molecule has 1 aromatic heterocycles. The fraction of sp³-hybridized carbons (Fsp3) is 0.500. The molecule has 0 saturated heterocycles. The molecule has 62 valence electrons. The van der Waals surface area contributed by atoms with Crippen LogP contribution in [0.3, 0.4) is 0 Å². The molecule has 3 heteroatoms. The predicted octanol–water partition coefficient (Wildman–Crippen LogP) is 0.969. The summed E-state index contributed by atoms with van der Waals surface area (Å²) in [5.74, 6) is 0. The third-order valence-corrected chi connectivity index (χ3v) is 1.74. The summed E-state index contributed by atoms with van der Waals surface area (Å²) in [6, 6.07) is -0.00810. The number of aromatic nitrogens is 1. The minimum absolute atomic E-state index is 0.00810. The van der Waals surface area contributed by atoms with E-state index in [0.29, 0.717) is 6.61 Å². The summed E-state index contributed by atoms with van der Waals surface area (Å²) in [4.78, 5) is 3.00. The lowest BCUT2D eigenvalue weighted by atomic mass is 10.1. The van der Waals surface area contributed by atoms with Gasteiger partial charge in [-0.25, -0.2) is 0 Å². The maximum atomic E-state index is 5.81. The third-order valence-electron chi connectivity index (χ3n) is 1.74. The van der Waals surface area contributed by atoms with Crippen LogP contribution in [0.4, 0.5) is 0 Å². The molecule has 3 N–H and O–H groups in total. The lowest BCUT2D eigenvalue weighted by molar-refractivity contribution is 0.181. The summed E-state index contributed by atoms with van der Waals surface area (Å²) in [7, 11) is 1.65. The molecule has 3 nitrogen and oxygen atoms in total. The normalized spacial score (nSPS) is 13.4. The number of hydrogen-bond donors (Lipinski definition) is 2. The van der Waals surface area contributed by atoms with E-state index in [-0.39, 0.29) is 6.04 Å². The molecule has 0 radical (unpaired) electrons. The van der Waals surface area contributed by atoms with Crippen molar-refractivity contribution in [1.29, 1.82) is 0 Å². The van der Waals surface area contributed by atoms with Crippen LogP contribution in [-0.4, -0.2) is 18.7 Å². The number of nitrogens with two attached hydrogens (primary N) is 1. The molecule has 0 bridgehead atoms. The first-order valence-corrected chi connectivity index (χ1v) is 3.63. The minimum atomic E-state index is -0.00810. The molecule has 1 atom stereocenters. The molecule has 1 rings (SSSR count). The maximum Gasteiger partial charge on any atom is 0.0656 e. The van der Waals surface area contributed by atoms with E-state index < -0.39 is 0 Å². The first kappa shape index (κ1) is 8.30. The number of aryl methyl sites for hydroxylation is 1. The van der Waals surface area contributed by atoms with Gasteiger partial charge < -0.3 is 15.5 Å². The Kier molecular flexibility index (Phi) is 2.68. The van der Waals surface area contributed by atoms with E-state index in [1.54, 1.807) is 7.11 Å². The second-order valence-electron chi connectivity index (χ2n) is 2.66. The highest BCUT2D eigenvalue weighted by molar-refractivity contribution is 5.24. The topological polar surface area (TPSA) is 51.0 Å². The highest BCUT2D eigenvalue weighted by atomic mass is 16.5. The van der Waals surface area contributed by atoms with Crippen LogP contribution in [0, 0.1) is 6.92 Å². The van der Waals surface area contributed by atoms with Crippen LogP contribution in [0.1, 0.15) is 17.2 Å². The van der Waals surface area contributed by atoms with Crippen LogP contribution >= 0.6 is 0 Å². The molecule has 0 aliphatic heterocycles. The lowest BCUT2D eigenvalue weighted by Crippen LogP contribution is -2.16. The molecule has 0 unspecified atom stereocenters. The van der Waals surface area contributed by atoms with E-state index in [4.69, 9.17) is 10.5 Å². The molecule has 1 aromatic rings. The zero-order valence-corrected chi connectivity index (χ0v) is 6.92. The number of rotatable bonds is 3. The Hall–Kier alpha value is -0.800. The van der Waals surface area contributed by atoms with Gasteiger partial charge in [-0.3, -0.25) is 0 Å². The molecule has 0 saturated carbocycles. The highest BCUT2D eigenvalue weighted by Gasteiger charge is 2.07. The maximum absolute atomic E-state index is 5.81. The van der Waals surface area contributed by atoms with Gasteiger partial charge >= 0.3 is 0 Å². The lowest BCUT2D eigenvalue weighted by Gasteiger charge is -2.08. The molecule has 0 aromatic carbocycles. The zero-order valence-electron chi connectivity index (χ0n) is 6.92. The molecular weight excluding hydrogens is 140 g/mol. The van der Waals surface area contributed by atoms with Crippen LogP contribution in [-0.2, 0) is 4.74 Å². The van der Waals surface area contributed by atoms with Crippen LogP contribution in [0.15, 0.2) is 12.4 Å². The van der Waals surface area contributed by atoms with Crippen molar-refractivity contribution in [1.82, 2.24) is 4.98 Å². The Balaban J connectivity index is 2.67. The first-order valence-electron chi connectivity index (χ1n) is 3.63. The van der Waals surface area contributed by atoms with Crippen molar-refractivity contribution in [2.24, 2.45) is 5.73 Å². The second-order valence-corrected chi connectivity index (χ2v) is 2.66. The number of nitrogens with one attached hydrogen (secondary N) is 1. The molecule has 0 spiro atoms. The van der Waals surface area contributed by atoms with E-state index in [2.05, 4.69) is 4.98 Å². The van der Waals surface area contributed by atoms with Gasteiger partial charge in [0.2, 0.25) is 0 Å². The number of aromatic amines is 1. The molecule has 1 heterocycles. The van der Waals surface area contributed by atoms with Gasteiger partial charge in [0.1, 0.15) is 0 Å². The summed E-state index contributed by atoms with van der Waals surface area (Å²) in [6.07, 6.45) is 3.85. The van der Waals surface area contributed by atoms with Crippen LogP contribution in [0.25, 0.3) is 0 Å². The van der Waals surface area contributed by atoms with Crippen molar-refractivity contribution in [3.63, 3.8) is 0 Å². The first-order chi connectivity index (χ1) is 5.25. The number of ether oxygens (including phenoxy) is 1. The Bertz CT molecular complexity index is 220. The van der Waals surface area contributed by atoms with Crippen molar-refractivity contribution in [2.45, 2.75) is 13.0 Å². The number of hydrogen-bond acceptors (Lipinski definition) is 2. The SMILES string of the molecule is COC[C@@H](N)c1c[nH]cc1C. The fourth-order valence-electron chi connectivity index (χ4n) is 1.12. The average Bonchev–Trinajstić information content (AvgIpc) is 2.36. The molecule has 0 aliphatic carbocycles. The van der Waals surface area contributed by atoms with Crippen molar-refractivity contribution in [2.75, 3.05) is 13.7 Å². The predicted molar refractivity (Wildman–Crippen MR) is 44.3 cm³/mol. The molecule has 11 heavy (non-hydrogen) atoms. The van der Waals surface area contributed by atoms with Crippen molar-refractivity contribution >= 4 is 0 Å². The Morgan fingerprint density at radius 2 is 2.36 bits per heavy atom. The summed E-state index contributed by atoms with van der Waals surface area (Å²) in [6.45, 7) is 2.60. The van der Waals surface area contributed by atoms with E-state index in [1.807, 2.05) is 19.3 Å². The molecule has 0 amide bonds. The Morgan fingerprint density at radius 3 is 2.82 bits per heavy atom. The van der Waals surface area contributed by atoms with Gasteiger partial charge in [-0.15, -0.1) is 0 Å². The van der Waals surface area contributed by atoms with Gasteiger partial charge in [0.15, 0.2) is 0 Å². The van der Waals surface area contributed by atoms with Crippen molar-refractivity contribution < 1.29 is 4.74 Å². The minimum Gasteiger partial charge on any atom is -0.383 e. The second kappa shape index (κ2) is 3.55. The quantitative estimate of drug-likeness (QED) is 0.681. The van der Waals surface area contributed by atoms with Crippen LogP contribution in [0.2, 0.25) is 0 Å². The summed E-state index contributed by atoms with van der Waals surface area (Å²) in [5, 5.41) is 0.